The third-order valence-corrected chi connectivity index (χ3v) is 5.94. The summed E-state index contributed by atoms with van der Waals surface area (Å²) in [5.41, 5.74) is 1.71. The van der Waals surface area contributed by atoms with Crippen LogP contribution in [0.2, 0.25) is 0 Å². The summed E-state index contributed by atoms with van der Waals surface area (Å²) in [4.78, 5) is 14.4. The van der Waals surface area contributed by atoms with E-state index in [-0.39, 0.29) is 11.2 Å². The van der Waals surface area contributed by atoms with Crippen LogP contribution in [0, 0.1) is 0 Å². The highest BCUT2D eigenvalue weighted by Crippen LogP contribution is 2.33. The average molecular weight is 415 g/mol. The van der Waals surface area contributed by atoms with Crippen molar-refractivity contribution in [3.05, 3.63) is 54.6 Å². The van der Waals surface area contributed by atoms with Crippen molar-refractivity contribution in [2.75, 3.05) is 23.9 Å². The van der Waals surface area contributed by atoms with Gasteiger partial charge in [0.1, 0.15) is 5.75 Å². The number of hydrogen-bond acceptors (Lipinski definition) is 7. The molecule has 1 heterocycles. The van der Waals surface area contributed by atoms with Crippen LogP contribution >= 0.6 is 23.1 Å². The van der Waals surface area contributed by atoms with Gasteiger partial charge in [-0.2, -0.15) is 0 Å². The minimum atomic E-state index is -0.276. The fourth-order valence-electron chi connectivity index (χ4n) is 2.53. The molecule has 0 saturated heterocycles. The lowest BCUT2D eigenvalue weighted by molar-refractivity contribution is -0.117. The molecule has 28 heavy (non-hydrogen) atoms. The fourth-order valence-corrected chi connectivity index (χ4v) is 4.53. The number of anilines is 3. The number of thioether (sulfide) groups is 1. The van der Waals surface area contributed by atoms with E-state index in [0.29, 0.717) is 11.7 Å². The summed E-state index contributed by atoms with van der Waals surface area (Å²) < 4.78 is 6.35. The highest BCUT2D eigenvalue weighted by Gasteiger charge is 2.21. The van der Waals surface area contributed by atoms with E-state index in [0.717, 1.165) is 21.5 Å². The molecule has 1 aromatic heterocycles. The molecule has 0 bridgehead atoms. The third-order valence-electron chi connectivity index (χ3n) is 3.93. The molecule has 3 rings (SSSR count). The number of rotatable bonds is 8. The maximum atomic E-state index is 12.7. The molecule has 2 aromatic carbocycles. The minimum Gasteiger partial charge on any atom is -0.492 e. The summed E-state index contributed by atoms with van der Waals surface area (Å²) in [6, 6.07) is 17.3. The molecule has 3 aromatic rings. The molecular formula is C20H22N4O2S2. The van der Waals surface area contributed by atoms with Crippen molar-refractivity contribution in [1.82, 2.24) is 10.2 Å². The number of carbonyl (C=O) groups is 1. The Hall–Kier alpha value is -2.58. The van der Waals surface area contributed by atoms with Gasteiger partial charge in [0.25, 0.3) is 0 Å². The first kappa shape index (κ1) is 20.2. The number of aromatic nitrogens is 2. The van der Waals surface area contributed by atoms with E-state index in [1.54, 1.807) is 11.9 Å². The molecule has 0 radical (unpaired) electrons. The van der Waals surface area contributed by atoms with Crippen molar-refractivity contribution < 1.29 is 9.53 Å². The van der Waals surface area contributed by atoms with Crippen LogP contribution in [-0.4, -0.2) is 35.0 Å². The summed E-state index contributed by atoms with van der Waals surface area (Å²) in [5, 5.41) is 12.0. The lowest BCUT2D eigenvalue weighted by Crippen LogP contribution is -2.33. The second-order valence-electron chi connectivity index (χ2n) is 5.92. The molecule has 0 aliphatic rings. The minimum absolute atomic E-state index is 0.0163. The first-order valence-corrected chi connectivity index (χ1v) is 10.6. The number of ether oxygens (including phenoxy) is 1. The molecule has 0 saturated carbocycles. The Bertz CT molecular complexity index is 917. The van der Waals surface area contributed by atoms with Gasteiger partial charge in [0.15, 0.2) is 4.34 Å². The molecule has 1 unspecified atom stereocenters. The topological polar surface area (TPSA) is 67.3 Å². The van der Waals surface area contributed by atoms with E-state index in [4.69, 9.17) is 4.74 Å². The van der Waals surface area contributed by atoms with Gasteiger partial charge in [-0.15, -0.1) is 10.2 Å². The fraction of sp³-hybridized carbons (Fsp3) is 0.250. The number of carbonyl (C=O) groups excluding carboxylic acids is 1. The lowest BCUT2D eigenvalue weighted by Gasteiger charge is -2.20. The van der Waals surface area contributed by atoms with Crippen LogP contribution < -0.4 is 15.0 Å². The maximum Gasteiger partial charge on any atom is 0.240 e. The largest absolute Gasteiger partial charge is 0.492 e. The number of nitrogens with one attached hydrogen (secondary N) is 1. The van der Waals surface area contributed by atoms with Gasteiger partial charge < -0.3 is 15.0 Å². The van der Waals surface area contributed by atoms with E-state index >= 15 is 0 Å². The number of hydrogen-bond donors (Lipinski definition) is 1. The van der Waals surface area contributed by atoms with Crippen molar-refractivity contribution in [3.8, 4) is 5.75 Å². The molecule has 1 atom stereocenters. The Morgan fingerprint density at radius 1 is 1.18 bits per heavy atom. The summed E-state index contributed by atoms with van der Waals surface area (Å²) in [6.07, 6.45) is 0. The van der Waals surface area contributed by atoms with Gasteiger partial charge >= 0.3 is 0 Å². The summed E-state index contributed by atoms with van der Waals surface area (Å²) in [7, 11) is 1.78. The van der Waals surface area contributed by atoms with Gasteiger partial charge in [-0.05, 0) is 38.1 Å². The predicted molar refractivity (Wildman–Crippen MR) is 116 cm³/mol. The maximum absolute atomic E-state index is 12.7. The van der Waals surface area contributed by atoms with Crippen LogP contribution in [0.1, 0.15) is 13.8 Å². The zero-order chi connectivity index (χ0) is 19.9. The van der Waals surface area contributed by atoms with Crippen molar-refractivity contribution in [2.24, 2.45) is 0 Å². The van der Waals surface area contributed by atoms with Crippen molar-refractivity contribution >= 4 is 45.5 Å². The molecule has 1 amide bonds. The Morgan fingerprint density at radius 2 is 1.89 bits per heavy atom. The molecule has 0 fully saturated rings. The Morgan fingerprint density at radius 3 is 2.64 bits per heavy atom. The van der Waals surface area contributed by atoms with Gasteiger partial charge in [-0.25, -0.2) is 0 Å². The van der Waals surface area contributed by atoms with Gasteiger partial charge in [-0.1, -0.05) is 53.4 Å². The quantitative estimate of drug-likeness (QED) is 0.533. The Labute approximate surface area is 172 Å². The van der Waals surface area contributed by atoms with Crippen molar-refractivity contribution in [2.45, 2.75) is 23.4 Å². The van der Waals surface area contributed by atoms with Crippen molar-refractivity contribution in [1.29, 1.82) is 0 Å². The number of benzene rings is 2. The van der Waals surface area contributed by atoms with E-state index in [9.17, 15) is 4.79 Å². The Kier molecular flexibility index (Phi) is 6.89. The molecule has 0 aliphatic heterocycles. The highest BCUT2D eigenvalue weighted by molar-refractivity contribution is 8.02. The Balaban J connectivity index is 1.63. The SMILES string of the molecule is CCOc1ccccc1Nc1nnc(SC(C)C(=O)N(C)c2ccccc2)s1. The predicted octanol–water partition coefficient (Wildman–Crippen LogP) is 4.82. The zero-order valence-electron chi connectivity index (χ0n) is 16.0. The van der Waals surface area contributed by atoms with Crippen LogP contribution in [0.3, 0.4) is 0 Å². The molecule has 0 spiro atoms. The van der Waals surface area contributed by atoms with E-state index in [1.807, 2.05) is 68.4 Å². The smallest absolute Gasteiger partial charge is 0.240 e. The number of para-hydroxylation sites is 3. The van der Waals surface area contributed by atoms with Gasteiger partial charge in [-0.3, -0.25) is 4.79 Å². The molecule has 1 N–H and O–H groups in total. The van der Waals surface area contributed by atoms with Crippen molar-refractivity contribution in [3.63, 3.8) is 0 Å². The highest BCUT2D eigenvalue weighted by atomic mass is 32.2. The van der Waals surface area contributed by atoms with Gasteiger partial charge in [0, 0.05) is 12.7 Å². The average Bonchev–Trinajstić information content (AvgIpc) is 3.16. The van der Waals surface area contributed by atoms with E-state index in [1.165, 1.54) is 23.1 Å². The van der Waals surface area contributed by atoms with Crippen LogP contribution in [0.15, 0.2) is 58.9 Å². The molecular weight excluding hydrogens is 392 g/mol. The second-order valence-corrected chi connectivity index (χ2v) is 8.49. The summed E-state index contributed by atoms with van der Waals surface area (Å²) in [5.74, 6) is 0.782. The molecule has 0 aliphatic carbocycles. The monoisotopic (exact) mass is 414 g/mol. The summed E-state index contributed by atoms with van der Waals surface area (Å²) in [6.45, 7) is 4.41. The van der Waals surface area contributed by atoms with Crippen LogP contribution in [0.5, 0.6) is 5.75 Å². The second kappa shape index (κ2) is 9.57. The summed E-state index contributed by atoms with van der Waals surface area (Å²) >= 11 is 2.81. The van der Waals surface area contributed by atoms with E-state index in [2.05, 4.69) is 15.5 Å². The molecule has 146 valence electrons. The van der Waals surface area contributed by atoms with Crippen LogP contribution in [0.4, 0.5) is 16.5 Å². The van der Waals surface area contributed by atoms with Gasteiger partial charge in [0.2, 0.25) is 11.0 Å². The van der Waals surface area contributed by atoms with E-state index < -0.39 is 0 Å². The lowest BCUT2D eigenvalue weighted by atomic mass is 10.3. The molecule has 8 heteroatoms. The van der Waals surface area contributed by atoms with Gasteiger partial charge in [0.05, 0.1) is 17.5 Å². The zero-order valence-corrected chi connectivity index (χ0v) is 17.6. The normalized spacial score (nSPS) is 11.7. The number of amides is 1. The first-order chi connectivity index (χ1) is 13.6. The van der Waals surface area contributed by atoms with Crippen LogP contribution in [-0.2, 0) is 4.79 Å². The standard InChI is InChI=1S/C20H22N4O2S2/c1-4-26-17-13-9-8-12-16(17)21-19-22-23-20(28-19)27-14(2)18(25)24(3)15-10-6-5-7-11-15/h5-14H,4H2,1-3H3,(H,21,22). The first-order valence-electron chi connectivity index (χ1n) is 8.90. The molecule has 6 nitrogen and oxygen atoms in total. The third kappa shape index (κ3) is 5.02. The van der Waals surface area contributed by atoms with Crippen LogP contribution in [0.25, 0.3) is 0 Å². The number of nitrogens with zero attached hydrogens (tertiary/aromatic N) is 3.